The number of halogens is 3. The van der Waals surface area contributed by atoms with Crippen LogP contribution in [-0.4, -0.2) is 0 Å². The Labute approximate surface area is 92.9 Å². The van der Waals surface area contributed by atoms with Crippen LogP contribution in [0.5, 0.6) is 0 Å². The quantitative estimate of drug-likeness (QED) is 0.856. The van der Waals surface area contributed by atoms with E-state index >= 15 is 0 Å². The minimum absolute atomic E-state index is 0. The van der Waals surface area contributed by atoms with Crippen LogP contribution in [0, 0.1) is 17.1 Å². The first kappa shape index (κ1) is 13.2. The first-order valence-corrected chi connectivity index (χ1v) is 4.10. The van der Waals surface area contributed by atoms with Gasteiger partial charge in [0, 0.05) is 11.1 Å². The fourth-order valence-electron chi connectivity index (χ4n) is 1.01. The summed E-state index contributed by atoms with van der Waals surface area (Å²) in [6, 6.07) is 5.33. The molecule has 0 fully saturated rings. The SMILES string of the molecule is Cl.N#CC[C@@H](N)c1cc(F)ccc1Cl. The number of hydrogen-bond acceptors (Lipinski definition) is 2. The fraction of sp³-hybridized carbons (Fsp3) is 0.222. The normalized spacial score (nSPS) is 11.3. The van der Waals surface area contributed by atoms with Crippen molar-refractivity contribution in [3.63, 3.8) is 0 Å². The zero-order valence-electron chi connectivity index (χ0n) is 7.21. The highest BCUT2D eigenvalue weighted by atomic mass is 35.5. The van der Waals surface area contributed by atoms with Gasteiger partial charge in [-0.05, 0) is 23.8 Å². The van der Waals surface area contributed by atoms with Crippen molar-refractivity contribution in [2.45, 2.75) is 12.5 Å². The van der Waals surface area contributed by atoms with E-state index in [-0.39, 0.29) is 18.8 Å². The van der Waals surface area contributed by atoms with Crippen LogP contribution < -0.4 is 5.73 Å². The number of nitriles is 1. The van der Waals surface area contributed by atoms with Crippen molar-refractivity contribution >= 4 is 24.0 Å². The predicted octanol–water partition coefficient (Wildman–Crippen LogP) is 2.81. The maximum Gasteiger partial charge on any atom is 0.123 e. The molecule has 0 saturated heterocycles. The number of hydrogen-bond donors (Lipinski definition) is 1. The maximum atomic E-state index is 12.8. The molecule has 14 heavy (non-hydrogen) atoms. The van der Waals surface area contributed by atoms with Gasteiger partial charge in [0.15, 0.2) is 0 Å². The van der Waals surface area contributed by atoms with Gasteiger partial charge in [-0.3, -0.25) is 0 Å². The Hall–Kier alpha value is -0.820. The van der Waals surface area contributed by atoms with Crippen LogP contribution in [0.15, 0.2) is 18.2 Å². The molecule has 1 rings (SSSR count). The molecule has 0 aromatic heterocycles. The molecular formula is C9H9Cl2FN2. The Bertz CT molecular complexity index is 349. The summed E-state index contributed by atoms with van der Waals surface area (Å²) in [6.45, 7) is 0. The van der Waals surface area contributed by atoms with Crippen LogP contribution in [0.3, 0.4) is 0 Å². The Balaban J connectivity index is 0.00000169. The van der Waals surface area contributed by atoms with Crippen molar-refractivity contribution in [1.29, 1.82) is 5.26 Å². The lowest BCUT2D eigenvalue weighted by Gasteiger charge is -2.09. The molecule has 1 aromatic carbocycles. The second-order valence-corrected chi connectivity index (χ2v) is 3.04. The summed E-state index contributed by atoms with van der Waals surface area (Å²) < 4.78 is 12.8. The van der Waals surface area contributed by atoms with E-state index in [1.807, 2.05) is 6.07 Å². The molecule has 0 aliphatic carbocycles. The summed E-state index contributed by atoms with van der Waals surface area (Å²) in [7, 11) is 0. The summed E-state index contributed by atoms with van der Waals surface area (Å²) in [5.41, 5.74) is 6.08. The highest BCUT2D eigenvalue weighted by Crippen LogP contribution is 2.23. The van der Waals surface area contributed by atoms with Crippen LogP contribution in [-0.2, 0) is 0 Å². The molecule has 0 radical (unpaired) electrons. The molecule has 1 atom stereocenters. The highest BCUT2D eigenvalue weighted by molar-refractivity contribution is 6.31. The molecule has 0 heterocycles. The Morgan fingerprint density at radius 2 is 2.21 bits per heavy atom. The molecule has 76 valence electrons. The molecule has 0 bridgehead atoms. The fourth-order valence-corrected chi connectivity index (χ4v) is 1.26. The van der Waals surface area contributed by atoms with E-state index in [1.54, 1.807) is 0 Å². The second-order valence-electron chi connectivity index (χ2n) is 2.63. The molecule has 1 aromatic rings. The zero-order valence-corrected chi connectivity index (χ0v) is 8.78. The van der Waals surface area contributed by atoms with Gasteiger partial charge in [-0.1, -0.05) is 11.6 Å². The average Bonchev–Trinajstić information content (AvgIpc) is 2.09. The zero-order chi connectivity index (χ0) is 9.84. The molecule has 5 heteroatoms. The van der Waals surface area contributed by atoms with E-state index in [2.05, 4.69) is 0 Å². The van der Waals surface area contributed by atoms with Crippen molar-refractivity contribution in [3.8, 4) is 6.07 Å². The van der Waals surface area contributed by atoms with Crippen molar-refractivity contribution in [2.24, 2.45) is 5.73 Å². The summed E-state index contributed by atoms with van der Waals surface area (Å²) in [4.78, 5) is 0. The molecular weight excluding hydrogens is 226 g/mol. The minimum atomic E-state index is -0.520. The van der Waals surface area contributed by atoms with Gasteiger partial charge in [0.1, 0.15) is 5.82 Å². The van der Waals surface area contributed by atoms with E-state index in [0.29, 0.717) is 10.6 Å². The molecule has 0 aliphatic heterocycles. The summed E-state index contributed by atoms with van der Waals surface area (Å²) in [5.74, 6) is -0.396. The van der Waals surface area contributed by atoms with Crippen LogP contribution in [0.2, 0.25) is 5.02 Å². The van der Waals surface area contributed by atoms with Gasteiger partial charge < -0.3 is 5.73 Å². The van der Waals surface area contributed by atoms with Gasteiger partial charge in [0.2, 0.25) is 0 Å². The molecule has 2 nitrogen and oxygen atoms in total. The summed E-state index contributed by atoms with van der Waals surface area (Å²) >= 11 is 5.77. The first-order chi connectivity index (χ1) is 6.15. The third kappa shape index (κ3) is 3.15. The van der Waals surface area contributed by atoms with Gasteiger partial charge in [-0.2, -0.15) is 5.26 Å². The minimum Gasteiger partial charge on any atom is -0.323 e. The predicted molar refractivity (Wildman–Crippen MR) is 55.8 cm³/mol. The van der Waals surface area contributed by atoms with Gasteiger partial charge in [-0.15, -0.1) is 12.4 Å². The molecule has 2 N–H and O–H groups in total. The third-order valence-electron chi connectivity index (χ3n) is 1.67. The Kier molecular flexibility index (Phi) is 5.47. The number of rotatable bonds is 2. The number of nitrogens with two attached hydrogens (primary N) is 1. The largest absolute Gasteiger partial charge is 0.323 e. The van der Waals surface area contributed by atoms with E-state index in [1.165, 1.54) is 18.2 Å². The lowest BCUT2D eigenvalue weighted by atomic mass is 10.1. The second kappa shape index (κ2) is 5.82. The van der Waals surface area contributed by atoms with Gasteiger partial charge in [0.25, 0.3) is 0 Å². The first-order valence-electron chi connectivity index (χ1n) is 3.72. The molecule has 0 unspecified atom stereocenters. The maximum absolute atomic E-state index is 12.8. The smallest absolute Gasteiger partial charge is 0.123 e. The lowest BCUT2D eigenvalue weighted by molar-refractivity contribution is 0.620. The van der Waals surface area contributed by atoms with Crippen molar-refractivity contribution in [3.05, 3.63) is 34.6 Å². The van der Waals surface area contributed by atoms with E-state index < -0.39 is 11.9 Å². The molecule has 0 spiro atoms. The van der Waals surface area contributed by atoms with Crippen LogP contribution in [0.1, 0.15) is 18.0 Å². The van der Waals surface area contributed by atoms with Gasteiger partial charge >= 0.3 is 0 Å². The highest BCUT2D eigenvalue weighted by Gasteiger charge is 2.10. The molecule has 0 aliphatic rings. The lowest BCUT2D eigenvalue weighted by Crippen LogP contribution is -2.10. The summed E-state index contributed by atoms with van der Waals surface area (Å²) in [6.07, 6.45) is 0.128. The van der Waals surface area contributed by atoms with Crippen molar-refractivity contribution < 1.29 is 4.39 Å². The number of benzene rings is 1. The average molecular weight is 235 g/mol. The topological polar surface area (TPSA) is 49.8 Å². The van der Waals surface area contributed by atoms with E-state index in [0.717, 1.165) is 0 Å². The summed E-state index contributed by atoms with van der Waals surface area (Å²) in [5, 5.41) is 8.78. The van der Waals surface area contributed by atoms with Crippen LogP contribution in [0.4, 0.5) is 4.39 Å². The van der Waals surface area contributed by atoms with Crippen molar-refractivity contribution in [2.75, 3.05) is 0 Å². The standard InChI is InChI=1S/C9H8ClFN2.ClH/c10-8-2-1-6(11)5-7(8)9(13)3-4-12;/h1-2,5,9H,3,13H2;1H/t9-;/m1./s1. The van der Waals surface area contributed by atoms with Gasteiger partial charge in [-0.25, -0.2) is 4.39 Å². The van der Waals surface area contributed by atoms with Crippen LogP contribution >= 0.6 is 24.0 Å². The van der Waals surface area contributed by atoms with E-state index in [9.17, 15) is 4.39 Å². The Morgan fingerprint density at radius 1 is 1.57 bits per heavy atom. The van der Waals surface area contributed by atoms with Gasteiger partial charge in [0.05, 0.1) is 12.5 Å². The molecule has 0 amide bonds. The monoisotopic (exact) mass is 234 g/mol. The number of nitrogens with zero attached hydrogens (tertiary/aromatic N) is 1. The van der Waals surface area contributed by atoms with E-state index in [4.69, 9.17) is 22.6 Å². The third-order valence-corrected chi connectivity index (χ3v) is 2.01. The van der Waals surface area contributed by atoms with Crippen molar-refractivity contribution in [1.82, 2.24) is 0 Å². The molecule has 0 saturated carbocycles. The Morgan fingerprint density at radius 3 is 2.79 bits per heavy atom. The van der Waals surface area contributed by atoms with Crippen LogP contribution in [0.25, 0.3) is 0 Å².